The van der Waals surface area contributed by atoms with E-state index in [9.17, 15) is 4.79 Å². The normalized spacial score (nSPS) is 25.6. The van der Waals surface area contributed by atoms with Crippen molar-refractivity contribution in [2.24, 2.45) is 12.5 Å². The molecule has 1 aliphatic rings. The van der Waals surface area contributed by atoms with E-state index in [1.165, 1.54) is 0 Å². The van der Waals surface area contributed by atoms with Gasteiger partial charge in [-0.05, 0) is 17.9 Å². The number of ketones is 1. The third kappa shape index (κ3) is 1.47. The van der Waals surface area contributed by atoms with Crippen LogP contribution < -0.4 is 0 Å². The van der Waals surface area contributed by atoms with E-state index in [0.29, 0.717) is 12.2 Å². The molecule has 0 N–H and O–H groups in total. The second-order valence-electron chi connectivity index (χ2n) is 4.94. The zero-order chi connectivity index (χ0) is 10.3. The van der Waals surface area contributed by atoms with Gasteiger partial charge in [0.2, 0.25) is 0 Å². The number of hydrogen-bond donors (Lipinski definition) is 0. The van der Waals surface area contributed by atoms with Crippen LogP contribution in [0.25, 0.3) is 0 Å². The summed E-state index contributed by atoms with van der Waals surface area (Å²) in [7, 11) is 1.90. The van der Waals surface area contributed by atoms with E-state index in [0.717, 1.165) is 12.1 Å². The molecule has 1 saturated carbocycles. The summed E-state index contributed by atoms with van der Waals surface area (Å²) in [5.41, 5.74) is 1.21. The number of carbonyl (C=O) groups is 1. The Bertz CT molecular complexity index is 365. The summed E-state index contributed by atoms with van der Waals surface area (Å²) in [5.74, 6) is 0.427. The van der Waals surface area contributed by atoms with Gasteiger partial charge in [-0.15, -0.1) is 0 Å². The van der Waals surface area contributed by atoms with Crippen molar-refractivity contribution in [2.75, 3.05) is 0 Å². The second kappa shape index (κ2) is 2.94. The largest absolute Gasteiger partial charge is 0.299 e. The number of Topliss-reactive ketones (excluding diaryl/α,β-unsaturated/α-hetero) is 1. The van der Waals surface area contributed by atoms with Gasteiger partial charge in [-0.3, -0.25) is 9.48 Å². The van der Waals surface area contributed by atoms with Gasteiger partial charge in [-0.1, -0.05) is 13.8 Å². The van der Waals surface area contributed by atoms with Gasteiger partial charge in [0.15, 0.2) is 0 Å². The average Bonchev–Trinajstić information content (AvgIpc) is 2.55. The van der Waals surface area contributed by atoms with Crippen molar-refractivity contribution in [2.45, 2.75) is 32.6 Å². The van der Waals surface area contributed by atoms with Crippen LogP contribution in [-0.2, 0) is 11.8 Å². The maximum absolute atomic E-state index is 11.8. The number of aromatic nitrogens is 2. The van der Waals surface area contributed by atoms with E-state index in [2.05, 4.69) is 18.9 Å². The summed E-state index contributed by atoms with van der Waals surface area (Å²) < 4.78 is 1.81. The second-order valence-corrected chi connectivity index (χ2v) is 4.94. The molecule has 0 bridgehead atoms. The Kier molecular flexibility index (Phi) is 1.98. The number of aryl methyl sites for hydroxylation is 1. The smallest absolute Gasteiger partial charge is 0.142 e. The van der Waals surface area contributed by atoms with Gasteiger partial charge in [0.1, 0.15) is 5.78 Å². The summed E-state index contributed by atoms with van der Waals surface area (Å²) in [6, 6.07) is 1.95. The van der Waals surface area contributed by atoms with Crippen molar-refractivity contribution >= 4 is 5.78 Å². The van der Waals surface area contributed by atoms with Gasteiger partial charge in [0, 0.05) is 25.4 Å². The molecule has 3 heteroatoms. The van der Waals surface area contributed by atoms with Crippen LogP contribution in [-0.4, -0.2) is 15.6 Å². The van der Waals surface area contributed by atoms with Crippen molar-refractivity contribution in [3.63, 3.8) is 0 Å². The number of rotatable bonds is 1. The minimum atomic E-state index is 0.0671. The van der Waals surface area contributed by atoms with Gasteiger partial charge >= 0.3 is 0 Å². The maximum atomic E-state index is 11.8. The minimum absolute atomic E-state index is 0.0671. The van der Waals surface area contributed by atoms with Crippen molar-refractivity contribution in [1.82, 2.24) is 9.78 Å². The van der Waals surface area contributed by atoms with Crippen molar-refractivity contribution in [1.29, 1.82) is 0 Å². The summed E-state index contributed by atoms with van der Waals surface area (Å²) in [6.07, 6.45) is 3.40. The third-order valence-corrected chi connectivity index (χ3v) is 3.01. The van der Waals surface area contributed by atoms with Crippen LogP contribution in [0.3, 0.4) is 0 Å². The van der Waals surface area contributed by atoms with E-state index >= 15 is 0 Å². The topological polar surface area (TPSA) is 34.9 Å². The van der Waals surface area contributed by atoms with Gasteiger partial charge in [-0.2, -0.15) is 5.10 Å². The Hall–Kier alpha value is -1.12. The van der Waals surface area contributed by atoms with Crippen LogP contribution in [0.5, 0.6) is 0 Å². The molecule has 76 valence electrons. The summed E-state index contributed by atoms with van der Waals surface area (Å²) in [6.45, 7) is 4.31. The monoisotopic (exact) mass is 192 g/mol. The van der Waals surface area contributed by atoms with E-state index in [1.807, 2.05) is 17.8 Å². The van der Waals surface area contributed by atoms with Crippen molar-refractivity contribution in [3.8, 4) is 0 Å². The molecule has 3 nitrogen and oxygen atoms in total. The van der Waals surface area contributed by atoms with Crippen LogP contribution in [0, 0.1) is 5.41 Å². The number of hydrogen-bond acceptors (Lipinski definition) is 2. The van der Waals surface area contributed by atoms with E-state index in [1.54, 1.807) is 6.20 Å². The molecule has 1 aromatic heterocycles. The SMILES string of the molecule is Cn1nccc1C1CC(C)(C)CC1=O. The highest BCUT2D eigenvalue weighted by molar-refractivity contribution is 5.88. The fraction of sp³-hybridized carbons (Fsp3) is 0.636. The first-order valence-corrected chi connectivity index (χ1v) is 5.00. The molecule has 1 fully saturated rings. The zero-order valence-electron chi connectivity index (χ0n) is 8.95. The summed E-state index contributed by atoms with van der Waals surface area (Å²) in [4.78, 5) is 11.8. The van der Waals surface area contributed by atoms with Crippen molar-refractivity contribution in [3.05, 3.63) is 18.0 Å². The Morgan fingerprint density at radius 1 is 1.57 bits per heavy atom. The lowest BCUT2D eigenvalue weighted by molar-refractivity contribution is -0.119. The molecule has 14 heavy (non-hydrogen) atoms. The highest BCUT2D eigenvalue weighted by Gasteiger charge is 2.39. The van der Waals surface area contributed by atoms with E-state index in [4.69, 9.17) is 0 Å². The molecule has 0 amide bonds. The standard InChI is InChI=1S/C11H16N2O/c1-11(2)6-8(10(14)7-11)9-4-5-12-13(9)3/h4-5,8H,6-7H2,1-3H3. The fourth-order valence-electron chi connectivity index (χ4n) is 2.33. The number of nitrogens with zero attached hydrogens (tertiary/aromatic N) is 2. The predicted octanol–water partition coefficient (Wildman–Crippen LogP) is 1.89. The molecule has 1 aliphatic carbocycles. The molecule has 1 aromatic rings. The quantitative estimate of drug-likeness (QED) is 0.681. The summed E-state index contributed by atoms with van der Waals surface area (Å²) in [5, 5.41) is 4.11. The Morgan fingerprint density at radius 2 is 2.29 bits per heavy atom. The Morgan fingerprint density at radius 3 is 2.71 bits per heavy atom. The first-order valence-electron chi connectivity index (χ1n) is 5.00. The molecule has 0 spiro atoms. The van der Waals surface area contributed by atoms with E-state index < -0.39 is 0 Å². The first-order chi connectivity index (χ1) is 6.49. The van der Waals surface area contributed by atoms with Crippen LogP contribution in [0.4, 0.5) is 0 Å². The van der Waals surface area contributed by atoms with Gasteiger partial charge in [0.05, 0.1) is 5.92 Å². The highest BCUT2D eigenvalue weighted by Crippen LogP contribution is 2.43. The van der Waals surface area contributed by atoms with Crippen LogP contribution in [0.1, 0.15) is 38.3 Å². The molecule has 0 saturated heterocycles. The molecule has 0 aromatic carbocycles. The summed E-state index contributed by atoms with van der Waals surface area (Å²) >= 11 is 0. The Balaban J connectivity index is 2.30. The zero-order valence-corrected chi connectivity index (χ0v) is 8.95. The van der Waals surface area contributed by atoms with Gasteiger partial charge in [-0.25, -0.2) is 0 Å². The fourth-order valence-corrected chi connectivity index (χ4v) is 2.33. The predicted molar refractivity (Wildman–Crippen MR) is 54.0 cm³/mol. The first kappa shape index (κ1) is 9.44. The van der Waals surface area contributed by atoms with Gasteiger partial charge in [0.25, 0.3) is 0 Å². The molecule has 1 unspecified atom stereocenters. The van der Waals surface area contributed by atoms with Gasteiger partial charge < -0.3 is 0 Å². The van der Waals surface area contributed by atoms with E-state index in [-0.39, 0.29) is 11.3 Å². The lowest BCUT2D eigenvalue weighted by Crippen LogP contribution is -2.09. The maximum Gasteiger partial charge on any atom is 0.142 e. The molecule has 0 radical (unpaired) electrons. The Labute approximate surface area is 84.1 Å². The number of carbonyl (C=O) groups excluding carboxylic acids is 1. The van der Waals surface area contributed by atoms with Crippen LogP contribution >= 0.6 is 0 Å². The molecule has 1 atom stereocenters. The minimum Gasteiger partial charge on any atom is -0.299 e. The van der Waals surface area contributed by atoms with Crippen LogP contribution in [0.2, 0.25) is 0 Å². The molecular formula is C11H16N2O. The lowest BCUT2D eigenvalue weighted by atomic mass is 9.90. The average molecular weight is 192 g/mol. The van der Waals surface area contributed by atoms with Crippen molar-refractivity contribution < 1.29 is 4.79 Å². The highest BCUT2D eigenvalue weighted by atomic mass is 16.1. The molecular weight excluding hydrogens is 176 g/mol. The molecule has 1 heterocycles. The third-order valence-electron chi connectivity index (χ3n) is 3.01. The van der Waals surface area contributed by atoms with Crippen LogP contribution in [0.15, 0.2) is 12.3 Å². The molecule has 0 aliphatic heterocycles. The molecule has 2 rings (SSSR count). The lowest BCUT2D eigenvalue weighted by Gasteiger charge is -2.15.